The van der Waals surface area contributed by atoms with Crippen LogP contribution in [-0.2, 0) is 16.3 Å². The molecular weight excluding hydrogens is 254 g/mol. The number of hydrogen-bond donors (Lipinski definition) is 0. The number of halogens is 1. The molecule has 0 aliphatic rings. The molecule has 3 nitrogen and oxygen atoms in total. The molecule has 1 rings (SSSR count). The number of nitrogens with zero attached hydrogens (tertiary/aromatic N) is 1. The summed E-state index contributed by atoms with van der Waals surface area (Å²) in [5.74, 6) is -0.325. The van der Waals surface area contributed by atoms with Gasteiger partial charge in [0.05, 0.1) is 11.8 Å². The molecule has 0 spiro atoms. The molecule has 1 heterocycles. The van der Waals surface area contributed by atoms with Crippen molar-refractivity contribution in [1.29, 1.82) is 5.26 Å². The Morgan fingerprint density at radius 2 is 2.27 bits per heavy atom. The molecule has 0 N–H and O–H groups in total. The molecule has 0 fully saturated rings. The Morgan fingerprint density at radius 3 is 2.73 bits per heavy atom. The zero-order valence-corrected chi connectivity index (χ0v) is 10.5. The summed E-state index contributed by atoms with van der Waals surface area (Å²) < 4.78 is 23.7. The Kier molecular flexibility index (Phi) is 4.14. The number of sulfone groups is 1. The van der Waals surface area contributed by atoms with Gasteiger partial charge in [0.2, 0.25) is 0 Å². The second-order valence-corrected chi connectivity index (χ2v) is 6.91. The van der Waals surface area contributed by atoms with Crippen LogP contribution in [0.5, 0.6) is 0 Å². The van der Waals surface area contributed by atoms with Crippen molar-refractivity contribution in [2.75, 3.05) is 5.75 Å². The summed E-state index contributed by atoms with van der Waals surface area (Å²) >= 11 is 6.74. The summed E-state index contributed by atoms with van der Waals surface area (Å²) in [7, 11) is -3.40. The van der Waals surface area contributed by atoms with Crippen LogP contribution in [0.2, 0.25) is 0 Å². The van der Waals surface area contributed by atoms with Gasteiger partial charge in [-0.15, -0.1) is 22.9 Å². The van der Waals surface area contributed by atoms with E-state index in [0.717, 1.165) is 11.3 Å². The van der Waals surface area contributed by atoms with E-state index >= 15 is 0 Å². The lowest BCUT2D eigenvalue weighted by molar-refractivity contribution is 0.598. The van der Waals surface area contributed by atoms with Gasteiger partial charge in [-0.1, -0.05) is 6.92 Å². The van der Waals surface area contributed by atoms with Crippen LogP contribution < -0.4 is 0 Å². The highest BCUT2D eigenvalue weighted by Crippen LogP contribution is 2.24. The maximum Gasteiger partial charge on any atom is 0.190 e. The summed E-state index contributed by atoms with van der Waals surface area (Å²) in [6, 6.07) is 5.06. The van der Waals surface area contributed by atoms with Gasteiger partial charge in [-0.3, -0.25) is 0 Å². The van der Waals surface area contributed by atoms with E-state index in [-0.39, 0.29) is 5.75 Å². The second kappa shape index (κ2) is 4.97. The summed E-state index contributed by atoms with van der Waals surface area (Å²) in [6.45, 7) is 1.96. The van der Waals surface area contributed by atoms with E-state index in [4.69, 9.17) is 16.9 Å². The third-order valence-electron chi connectivity index (χ3n) is 1.80. The predicted octanol–water partition coefficient (Wildman–Crippen LogP) is 2.22. The summed E-state index contributed by atoms with van der Waals surface area (Å²) in [6.07, 6.45) is 0.808. The average molecular weight is 264 g/mol. The van der Waals surface area contributed by atoms with Crippen molar-refractivity contribution < 1.29 is 8.42 Å². The molecule has 0 aromatic carbocycles. The van der Waals surface area contributed by atoms with Crippen LogP contribution in [0.15, 0.2) is 16.3 Å². The molecule has 0 aliphatic heterocycles. The van der Waals surface area contributed by atoms with Gasteiger partial charge in [0.1, 0.15) is 9.59 Å². The summed E-state index contributed by atoms with van der Waals surface area (Å²) in [4.78, 5) is 1.01. The fraction of sp³-hybridized carbons (Fsp3) is 0.444. The smallest absolute Gasteiger partial charge is 0.190 e. The molecule has 0 aliphatic carbocycles. The van der Waals surface area contributed by atoms with E-state index < -0.39 is 15.2 Å². The van der Waals surface area contributed by atoms with E-state index in [1.165, 1.54) is 11.3 Å². The van der Waals surface area contributed by atoms with Crippen LogP contribution in [0.1, 0.15) is 11.8 Å². The average Bonchev–Trinajstić information content (AvgIpc) is 2.65. The van der Waals surface area contributed by atoms with Crippen LogP contribution in [0.3, 0.4) is 0 Å². The van der Waals surface area contributed by atoms with Gasteiger partial charge in [-0.2, -0.15) is 5.26 Å². The van der Waals surface area contributed by atoms with E-state index in [9.17, 15) is 8.42 Å². The number of alkyl halides is 1. The third kappa shape index (κ3) is 3.20. The van der Waals surface area contributed by atoms with E-state index in [1.807, 2.05) is 6.92 Å². The highest BCUT2D eigenvalue weighted by molar-refractivity contribution is 7.93. The first kappa shape index (κ1) is 12.5. The number of aryl methyl sites for hydroxylation is 1. The lowest BCUT2D eigenvalue weighted by Crippen LogP contribution is -2.13. The van der Waals surface area contributed by atoms with Crippen molar-refractivity contribution >= 4 is 32.8 Å². The molecule has 0 amide bonds. The van der Waals surface area contributed by atoms with E-state index in [2.05, 4.69) is 0 Å². The predicted molar refractivity (Wildman–Crippen MR) is 61.0 cm³/mol. The molecule has 15 heavy (non-hydrogen) atoms. The maximum atomic E-state index is 11.7. The van der Waals surface area contributed by atoms with Crippen molar-refractivity contribution in [2.24, 2.45) is 0 Å². The highest BCUT2D eigenvalue weighted by Gasteiger charge is 2.21. The van der Waals surface area contributed by atoms with Crippen molar-refractivity contribution in [3.8, 4) is 6.07 Å². The molecule has 1 aromatic heterocycles. The van der Waals surface area contributed by atoms with Gasteiger partial charge in [0, 0.05) is 4.88 Å². The highest BCUT2D eigenvalue weighted by atomic mass is 35.5. The molecule has 0 bridgehead atoms. The first-order valence-corrected chi connectivity index (χ1v) is 7.25. The Balaban J connectivity index is 2.92. The monoisotopic (exact) mass is 263 g/mol. The minimum absolute atomic E-state index is 0.292. The molecular formula is C9H10ClNO2S2. The maximum absolute atomic E-state index is 11.7. The van der Waals surface area contributed by atoms with Crippen LogP contribution in [0.25, 0.3) is 0 Å². The Morgan fingerprint density at radius 1 is 1.60 bits per heavy atom. The third-order valence-corrected chi connectivity index (χ3v) is 5.79. The first-order valence-electron chi connectivity index (χ1n) is 4.34. The number of nitriles is 1. The van der Waals surface area contributed by atoms with Crippen molar-refractivity contribution in [3.63, 3.8) is 0 Å². The number of rotatable bonds is 4. The normalized spacial score (nSPS) is 13.4. The fourth-order valence-electron chi connectivity index (χ4n) is 1.03. The van der Waals surface area contributed by atoms with Crippen LogP contribution in [0, 0.1) is 11.3 Å². The first-order chi connectivity index (χ1) is 6.99. The molecule has 0 saturated heterocycles. The van der Waals surface area contributed by atoms with Gasteiger partial charge < -0.3 is 0 Å². The quantitative estimate of drug-likeness (QED) is 0.783. The Labute approximate surface area is 98.2 Å². The molecule has 1 atom stereocenters. The van der Waals surface area contributed by atoms with Gasteiger partial charge >= 0.3 is 0 Å². The van der Waals surface area contributed by atoms with Crippen molar-refractivity contribution in [2.45, 2.75) is 22.9 Å². The van der Waals surface area contributed by atoms with Crippen molar-refractivity contribution in [3.05, 3.63) is 17.0 Å². The SMILES string of the molecule is CCc1ccc(S(=O)(=O)CC(Cl)C#N)s1. The lowest BCUT2D eigenvalue weighted by atomic mass is 10.4. The summed E-state index contributed by atoms with van der Waals surface area (Å²) in [5.41, 5.74) is 0. The van der Waals surface area contributed by atoms with Crippen LogP contribution >= 0.6 is 22.9 Å². The molecule has 0 saturated carbocycles. The van der Waals surface area contributed by atoms with Gasteiger partial charge in [-0.05, 0) is 18.6 Å². The molecule has 1 aromatic rings. The number of hydrogen-bond acceptors (Lipinski definition) is 4. The zero-order valence-electron chi connectivity index (χ0n) is 8.10. The molecule has 1 unspecified atom stereocenters. The van der Waals surface area contributed by atoms with Crippen LogP contribution in [-0.4, -0.2) is 19.5 Å². The van der Waals surface area contributed by atoms with Gasteiger partial charge in [0.15, 0.2) is 9.84 Å². The van der Waals surface area contributed by atoms with Crippen molar-refractivity contribution in [1.82, 2.24) is 0 Å². The summed E-state index contributed by atoms with van der Waals surface area (Å²) in [5, 5.41) is 7.47. The van der Waals surface area contributed by atoms with E-state index in [0.29, 0.717) is 4.21 Å². The molecule has 82 valence electrons. The number of thiophene rings is 1. The Bertz CT molecular complexity index is 473. The molecule has 0 radical (unpaired) electrons. The zero-order chi connectivity index (χ0) is 11.5. The molecule has 6 heteroatoms. The topological polar surface area (TPSA) is 57.9 Å². The standard InChI is InChI=1S/C9H10ClNO2S2/c1-2-8-3-4-9(14-8)15(12,13)6-7(10)5-11/h3-4,7H,2,6H2,1H3. The van der Waals surface area contributed by atoms with Gasteiger partial charge in [0.25, 0.3) is 0 Å². The largest absolute Gasteiger partial charge is 0.223 e. The van der Waals surface area contributed by atoms with E-state index in [1.54, 1.807) is 18.2 Å². The lowest BCUT2D eigenvalue weighted by Gasteiger charge is -2.00. The minimum Gasteiger partial charge on any atom is -0.223 e. The second-order valence-electron chi connectivity index (χ2n) is 2.95. The minimum atomic E-state index is -3.40. The van der Waals surface area contributed by atoms with Gasteiger partial charge in [-0.25, -0.2) is 8.42 Å². The fourth-order valence-corrected chi connectivity index (χ4v) is 4.13. The van der Waals surface area contributed by atoms with Crippen LogP contribution in [0.4, 0.5) is 0 Å². The Hall–Kier alpha value is -0.570.